The zero-order chi connectivity index (χ0) is 20.4. The molecule has 0 saturated heterocycles. The Hall–Kier alpha value is -2.71. The molecule has 1 aromatic carbocycles. The third-order valence-electron chi connectivity index (χ3n) is 4.18. The van der Waals surface area contributed by atoms with Crippen molar-refractivity contribution in [3.05, 3.63) is 62.1 Å². The maximum absolute atomic E-state index is 14.0. The van der Waals surface area contributed by atoms with Gasteiger partial charge in [0.05, 0.1) is 13.2 Å². The van der Waals surface area contributed by atoms with Crippen molar-refractivity contribution in [2.45, 2.75) is 26.9 Å². The van der Waals surface area contributed by atoms with Crippen LogP contribution in [0.15, 0.2) is 27.4 Å². The number of nitrogens with one attached hydrogen (secondary N) is 1. The maximum atomic E-state index is 14.0. The second-order valence-electron chi connectivity index (χ2n) is 6.32. The van der Waals surface area contributed by atoms with Crippen molar-refractivity contribution in [3.63, 3.8) is 0 Å². The molecule has 0 saturated carbocycles. The van der Waals surface area contributed by atoms with E-state index in [0.29, 0.717) is 16.4 Å². The maximum Gasteiger partial charge on any atom is 0.342 e. The zero-order valence-corrected chi connectivity index (χ0v) is 16.4. The van der Waals surface area contributed by atoms with Crippen molar-refractivity contribution in [1.29, 1.82) is 0 Å². The van der Waals surface area contributed by atoms with Gasteiger partial charge in [-0.1, -0.05) is 17.7 Å². The first kappa shape index (κ1) is 20.0. The number of aryl methyl sites for hydroxylation is 1. The van der Waals surface area contributed by atoms with Crippen LogP contribution in [-0.4, -0.2) is 34.5 Å². The molecule has 9 heteroatoms. The molecule has 0 unspecified atom stereocenters. The van der Waals surface area contributed by atoms with Crippen LogP contribution in [0.25, 0.3) is 11.1 Å². The predicted molar refractivity (Wildman–Crippen MR) is 102 cm³/mol. The Balaban J connectivity index is 1.89. The minimum absolute atomic E-state index is 0.0524. The molecule has 0 fully saturated rings. The minimum Gasteiger partial charge on any atom is -0.462 e. The van der Waals surface area contributed by atoms with Gasteiger partial charge >= 0.3 is 5.97 Å². The number of hydrogen-bond donors (Lipinski definition) is 1. The zero-order valence-electron chi connectivity index (χ0n) is 15.6. The highest BCUT2D eigenvalue weighted by Gasteiger charge is 2.24. The summed E-state index contributed by atoms with van der Waals surface area (Å²) in [4.78, 5) is 33.3. The fourth-order valence-corrected chi connectivity index (χ4v) is 3.18. The standard InChI is InChI=1S/C19H19ClFN3O4/c1-4-27-19(26)15-10(2)28-18-16(15)17(25)22-14(23-18)9-24(3)8-11-12(20)6-5-7-13(11)21/h5-7H,4,8-9H2,1-3H3,(H,22,23,25). The van der Waals surface area contributed by atoms with Crippen molar-refractivity contribution in [1.82, 2.24) is 14.9 Å². The number of furan rings is 1. The number of hydrogen-bond acceptors (Lipinski definition) is 6. The van der Waals surface area contributed by atoms with Gasteiger partial charge in [-0.3, -0.25) is 9.69 Å². The monoisotopic (exact) mass is 407 g/mol. The van der Waals surface area contributed by atoms with Crippen molar-refractivity contribution >= 4 is 28.7 Å². The molecule has 2 heterocycles. The highest BCUT2D eigenvalue weighted by Crippen LogP contribution is 2.23. The van der Waals surface area contributed by atoms with E-state index in [1.807, 2.05) is 0 Å². The number of carbonyl (C=O) groups is 1. The van der Waals surface area contributed by atoms with Gasteiger partial charge in [0.25, 0.3) is 5.56 Å². The number of aromatic amines is 1. The van der Waals surface area contributed by atoms with Crippen molar-refractivity contribution in [3.8, 4) is 0 Å². The second-order valence-corrected chi connectivity index (χ2v) is 6.73. The largest absolute Gasteiger partial charge is 0.462 e. The molecule has 3 rings (SSSR count). The number of aromatic nitrogens is 2. The van der Waals surface area contributed by atoms with Crippen LogP contribution in [0, 0.1) is 12.7 Å². The number of halogens is 2. The molecule has 28 heavy (non-hydrogen) atoms. The molecule has 0 atom stereocenters. The molecule has 7 nitrogen and oxygen atoms in total. The van der Waals surface area contributed by atoms with Gasteiger partial charge in [0.2, 0.25) is 5.71 Å². The summed E-state index contributed by atoms with van der Waals surface area (Å²) in [5, 5.41) is 0.379. The molecule has 0 aliphatic carbocycles. The van der Waals surface area contributed by atoms with Gasteiger partial charge in [-0.25, -0.2) is 9.18 Å². The molecule has 0 aliphatic rings. The first-order chi connectivity index (χ1) is 13.3. The lowest BCUT2D eigenvalue weighted by atomic mass is 10.2. The number of benzene rings is 1. The number of ether oxygens (including phenoxy) is 1. The topological polar surface area (TPSA) is 88.4 Å². The van der Waals surface area contributed by atoms with Gasteiger partial charge < -0.3 is 14.1 Å². The average Bonchev–Trinajstić information content (AvgIpc) is 2.95. The number of H-pyrrole nitrogens is 1. The summed E-state index contributed by atoms with van der Waals surface area (Å²) in [6.07, 6.45) is 0. The Labute approximate surface area is 165 Å². The highest BCUT2D eigenvalue weighted by molar-refractivity contribution is 6.31. The highest BCUT2D eigenvalue weighted by atomic mass is 35.5. The lowest BCUT2D eigenvalue weighted by Crippen LogP contribution is -2.22. The fraction of sp³-hybridized carbons (Fsp3) is 0.316. The number of esters is 1. The summed E-state index contributed by atoms with van der Waals surface area (Å²) in [6.45, 7) is 3.85. The van der Waals surface area contributed by atoms with Crippen LogP contribution in [0.4, 0.5) is 4.39 Å². The van der Waals surface area contributed by atoms with Gasteiger partial charge in [-0.05, 0) is 33.0 Å². The van der Waals surface area contributed by atoms with Crippen LogP contribution in [-0.2, 0) is 17.8 Å². The Morgan fingerprint density at radius 1 is 1.39 bits per heavy atom. The lowest BCUT2D eigenvalue weighted by molar-refractivity contribution is 0.0526. The molecule has 0 aliphatic heterocycles. The molecular formula is C19H19ClFN3O4. The van der Waals surface area contributed by atoms with Crippen LogP contribution in [0.1, 0.15) is 34.4 Å². The van der Waals surface area contributed by atoms with Gasteiger partial charge in [0, 0.05) is 17.1 Å². The van der Waals surface area contributed by atoms with E-state index in [2.05, 4.69) is 9.97 Å². The van der Waals surface area contributed by atoms with Crippen LogP contribution < -0.4 is 5.56 Å². The van der Waals surface area contributed by atoms with E-state index < -0.39 is 17.3 Å². The number of nitrogens with zero attached hydrogens (tertiary/aromatic N) is 2. The first-order valence-electron chi connectivity index (χ1n) is 8.62. The Bertz CT molecular complexity index is 1070. The minimum atomic E-state index is -0.634. The molecule has 1 N–H and O–H groups in total. The summed E-state index contributed by atoms with van der Waals surface area (Å²) in [7, 11) is 1.74. The first-order valence-corrected chi connectivity index (χ1v) is 9.00. The van der Waals surface area contributed by atoms with Crippen LogP contribution in [0.3, 0.4) is 0 Å². The second kappa shape index (κ2) is 8.12. The van der Waals surface area contributed by atoms with E-state index in [9.17, 15) is 14.0 Å². The molecule has 2 aromatic heterocycles. The normalized spacial score (nSPS) is 11.4. The lowest BCUT2D eigenvalue weighted by Gasteiger charge is -2.17. The van der Waals surface area contributed by atoms with E-state index in [4.69, 9.17) is 20.8 Å². The Morgan fingerprint density at radius 3 is 2.82 bits per heavy atom. The number of rotatable bonds is 6. The van der Waals surface area contributed by atoms with Crippen LogP contribution in [0.2, 0.25) is 5.02 Å². The van der Waals surface area contributed by atoms with Crippen LogP contribution in [0.5, 0.6) is 0 Å². The van der Waals surface area contributed by atoms with Crippen molar-refractivity contribution in [2.75, 3.05) is 13.7 Å². The molecule has 0 radical (unpaired) electrons. The summed E-state index contributed by atoms with van der Waals surface area (Å²) in [6, 6.07) is 4.49. The molecular weight excluding hydrogens is 389 g/mol. The van der Waals surface area contributed by atoms with Gasteiger partial charge in [-0.2, -0.15) is 4.98 Å². The van der Waals surface area contributed by atoms with E-state index in [0.717, 1.165) is 0 Å². The fourth-order valence-electron chi connectivity index (χ4n) is 2.95. The number of fused-ring (bicyclic) bond motifs is 1. The van der Waals surface area contributed by atoms with E-state index in [1.54, 1.807) is 31.9 Å². The molecule has 3 aromatic rings. The van der Waals surface area contributed by atoms with Gasteiger partial charge in [0.15, 0.2) is 0 Å². The summed E-state index contributed by atoms with van der Waals surface area (Å²) < 4.78 is 24.4. The van der Waals surface area contributed by atoms with Crippen molar-refractivity contribution < 1.29 is 18.3 Å². The quantitative estimate of drug-likeness (QED) is 0.630. The smallest absolute Gasteiger partial charge is 0.342 e. The molecule has 148 valence electrons. The summed E-state index contributed by atoms with van der Waals surface area (Å²) in [5.41, 5.74) is -0.0222. The summed E-state index contributed by atoms with van der Waals surface area (Å²) >= 11 is 6.06. The average molecular weight is 408 g/mol. The molecule has 0 spiro atoms. The molecule has 0 bridgehead atoms. The predicted octanol–water partition coefficient (Wildman–Crippen LogP) is 3.43. The third-order valence-corrected chi connectivity index (χ3v) is 4.53. The van der Waals surface area contributed by atoms with Crippen molar-refractivity contribution in [2.24, 2.45) is 0 Å². The Morgan fingerprint density at radius 2 is 2.14 bits per heavy atom. The Kier molecular flexibility index (Phi) is 5.81. The van der Waals surface area contributed by atoms with Crippen LogP contribution >= 0.6 is 11.6 Å². The molecule has 0 amide bonds. The van der Waals surface area contributed by atoms with Gasteiger partial charge in [-0.15, -0.1) is 0 Å². The van der Waals surface area contributed by atoms with Gasteiger partial charge in [0.1, 0.15) is 28.4 Å². The summed E-state index contributed by atoms with van der Waals surface area (Å²) in [5.74, 6) is -0.464. The number of carbonyl (C=O) groups excluding carboxylic acids is 1. The SMILES string of the molecule is CCOC(=O)c1c(C)oc2nc(CN(C)Cc3c(F)cccc3Cl)[nH]c(=O)c12. The third kappa shape index (κ3) is 3.93. The van der Waals surface area contributed by atoms with E-state index >= 15 is 0 Å². The van der Waals surface area contributed by atoms with E-state index in [1.165, 1.54) is 12.1 Å². The van der Waals surface area contributed by atoms with E-state index in [-0.39, 0.29) is 42.1 Å².